The monoisotopic (exact) mass is 551 g/mol. The topological polar surface area (TPSA) is 82.0 Å². The summed E-state index contributed by atoms with van der Waals surface area (Å²) in [6.07, 6.45) is 13.6. The summed E-state index contributed by atoms with van der Waals surface area (Å²) in [4.78, 5) is 23.4. The highest BCUT2D eigenvalue weighted by Crippen LogP contribution is 2.74. The first-order valence-electron chi connectivity index (χ1n) is 16.1. The maximum absolute atomic E-state index is 12.9. The Balaban J connectivity index is 1.12. The molecule has 1 aromatic rings. The molecule has 0 aromatic heterocycles. The molecule has 10 atom stereocenters. The van der Waals surface area contributed by atoms with Crippen LogP contribution in [0.2, 0.25) is 0 Å². The molecular weight excluding hydrogens is 502 g/mol. The second-order valence-electron chi connectivity index (χ2n) is 15.1. The van der Waals surface area contributed by atoms with Crippen molar-refractivity contribution in [1.29, 1.82) is 0 Å². The number of rotatable bonds is 8. The number of ether oxygens (including phenoxy) is 2. The van der Waals surface area contributed by atoms with Gasteiger partial charge in [0, 0.05) is 24.0 Å². The number of esters is 1. The van der Waals surface area contributed by atoms with E-state index in [-0.39, 0.29) is 22.8 Å². The van der Waals surface area contributed by atoms with E-state index in [4.69, 9.17) is 9.47 Å². The Labute approximate surface area is 240 Å². The van der Waals surface area contributed by atoms with Crippen molar-refractivity contribution in [2.45, 2.75) is 123 Å². The van der Waals surface area contributed by atoms with Crippen LogP contribution in [0, 0.1) is 56.5 Å². The van der Waals surface area contributed by atoms with Crippen LogP contribution >= 0.6 is 0 Å². The molecule has 220 valence electrons. The molecule has 1 aromatic carbocycles. The summed E-state index contributed by atoms with van der Waals surface area (Å²) in [7, 11) is 0. The molecule has 6 heteroatoms. The second-order valence-corrected chi connectivity index (χ2v) is 15.1. The summed E-state index contributed by atoms with van der Waals surface area (Å²) >= 11 is 0. The summed E-state index contributed by atoms with van der Waals surface area (Å²) in [5.74, 6) is 4.38. The first kappa shape index (κ1) is 28.2. The minimum Gasteiger partial charge on any atom is -0.459 e. The molecule has 5 aliphatic rings. The van der Waals surface area contributed by atoms with Gasteiger partial charge in [0.05, 0.1) is 16.6 Å². The van der Waals surface area contributed by atoms with E-state index in [9.17, 15) is 14.9 Å². The maximum atomic E-state index is 12.9. The summed E-state index contributed by atoms with van der Waals surface area (Å²) < 4.78 is 12.7. The highest BCUT2D eigenvalue weighted by molar-refractivity contribution is 5.89. The van der Waals surface area contributed by atoms with Crippen LogP contribution in [0.1, 0.15) is 116 Å². The van der Waals surface area contributed by atoms with Crippen molar-refractivity contribution in [1.82, 2.24) is 0 Å². The van der Waals surface area contributed by atoms with Crippen LogP contribution in [0.15, 0.2) is 24.3 Å². The smallest absolute Gasteiger partial charge is 0.338 e. The number of nitro benzene ring substituents is 1. The molecule has 6 rings (SSSR count). The fourth-order valence-electron chi connectivity index (χ4n) is 10.7. The maximum Gasteiger partial charge on any atom is 0.338 e. The average molecular weight is 552 g/mol. The quantitative estimate of drug-likeness (QED) is 0.140. The van der Waals surface area contributed by atoms with E-state index in [1.807, 2.05) is 0 Å². The molecule has 4 saturated carbocycles. The van der Waals surface area contributed by atoms with Crippen molar-refractivity contribution in [2.75, 3.05) is 0 Å². The van der Waals surface area contributed by atoms with Crippen LogP contribution in [-0.4, -0.2) is 28.7 Å². The fourth-order valence-corrected chi connectivity index (χ4v) is 10.7. The second kappa shape index (κ2) is 10.1. The van der Waals surface area contributed by atoms with Crippen LogP contribution in [0.4, 0.5) is 5.69 Å². The molecular formula is C34H49NO5. The van der Waals surface area contributed by atoms with Crippen molar-refractivity contribution < 1.29 is 19.2 Å². The lowest BCUT2D eigenvalue weighted by Crippen LogP contribution is -2.59. The molecule has 0 bridgehead atoms. The SMILES string of the molecule is CC(C)CCC[C@H](C)[C@@H]1CC[C@@H]2[C@H]3C[C@@H]4O[C@@]45C[C@@H](OC(=O)c4ccc([N+](=O)[O-])cc4)CC[C@]5(C)[C@@H]3CC[C@@]21C. The van der Waals surface area contributed by atoms with Crippen molar-refractivity contribution >= 4 is 11.7 Å². The largest absolute Gasteiger partial charge is 0.459 e. The average Bonchev–Trinajstić information content (AvgIpc) is 3.49. The Hall–Kier alpha value is -1.95. The van der Waals surface area contributed by atoms with Crippen molar-refractivity contribution in [3.63, 3.8) is 0 Å². The van der Waals surface area contributed by atoms with E-state index in [0.717, 1.165) is 48.9 Å². The normalized spacial score (nSPS) is 42.2. The molecule has 0 radical (unpaired) electrons. The molecule has 1 heterocycles. The van der Waals surface area contributed by atoms with Gasteiger partial charge in [0.2, 0.25) is 0 Å². The number of non-ortho nitro benzene ring substituents is 1. The summed E-state index contributed by atoms with van der Waals surface area (Å²) in [6.45, 7) is 12.4. The number of carbonyl (C=O) groups is 1. The summed E-state index contributed by atoms with van der Waals surface area (Å²) in [5.41, 5.74) is 0.824. The van der Waals surface area contributed by atoms with Gasteiger partial charge in [0.15, 0.2) is 0 Å². The van der Waals surface area contributed by atoms with Crippen LogP contribution in [0.5, 0.6) is 0 Å². The predicted octanol–water partition coefficient (Wildman–Crippen LogP) is 8.37. The predicted molar refractivity (Wildman–Crippen MR) is 155 cm³/mol. The lowest BCUT2D eigenvalue weighted by Gasteiger charge is -2.59. The first-order valence-corrected chi connectivity index (χ1v) is 16.1. The molecule has 0 unspecified atom stereocenters. The highest BCUT2D eigenvalue weighted by Gasteiger charge is 2.76. The summed E-state index contributed by atoms with van der Waals surface area (Å²) in [6, 6.07) is 5.72. The van der Waals surface area contributed by atoms with Crippen LogP contribution in [0.25, 0.3) is 0 Å². The zero-order valence-corrected chi connectivity index (χ0v) is 25.2. The van der Waals surface area contributed by atoms with Crippen LogP contribution in [-0.2, 0) is 9.47 Å². The van der Waals surface area contributed by atoms with Gasteiger partial charge in [-0.3, -0.25) is 10.1 Å². The first-order chi connectivity index (χ1) is 19.0. The number of benzene rings is 1. The lowest BCUT2D eigenvalue weighted by molar-refractivity contribution is -0.384. The molecule has 40 heavy (non-hydrogen) atoms. The number of epoxide rings is 1. The van der Waals surface area contributed by atoms with E-state index in [1.54, 1.807) is 0 Å². The number of nitro groups is 1. The molecule has 6 nitrogen and oxygen atoms in total. The minimum atomic E-state index is -0.453. The highest BCUT2D eigenvalue weighted by atomic mass is 16.6. The third kappa shape index (κ3) is 4.42. The zero-order chi connectivity index (χ0) is 28.4. The van der Waals surface area contributed by atoms with Gasteiger partial charge in [-0.1, -0.05) is 53.9 Å². The molecule has 0 N–H and O–H groups in total. The molecule has 4 aliphatic carbocycles. The Morgan fingerprint density at radius 3 is 2.50 bits per heavy atom. The molecule has 1 aliphatic heterocycles. The standard InChI is InChI=1S/C34H49NO5/c1-21(2)7-6-8-22(3)27-13-14-28-26-19-30-34(40-30)20-25(15-18-33(34,5)29(26)16-17-32(27,28)4)39-31(36)23-9-11-24(12-10-23)35(37)38/h9-12,21-22,25-30H,6-8,13-20H2,1-5H3/t22-,25-,26+,27-,28+,29+,30-,32+,33+,34-/m0/s1. The minimum absolute atomic E-state index is 0.0207. The molecule has 1 saturated heterocycles. The van der Waals surface area contributed by atoms with Crippen LogP contribution < -0.4 is 0 Å². The van der Waals surface area contributed by atoms with Gasteiger partial charge in [0.25, 0.3) is 5.69 Å². The summed E-state index contributed by atoms with van der Waals surface area (Å²) in [5, 5.41) is 11.0. The Bertz CT molecular complexity index is 1130. The third-order valence-corrected chi connectivity index (χ3v) is 12.8. The van der Waals surface area contributed by atoms with E-state index < -0.39 is 10.9 Å². The number of carbonyl (C=O) groups excluding carboxylic acids is 1. The van der Waals surface area contributed by atoms with Gasteiger partial charge in [-0.15, -0.1) is 0 Å². The van der Waals surface area contributed by atoms with Gasteiger partial charge in [-0.05, 0) is 98.0 Å². The third-order valence-electron chi connectivity index (χ3n) is 12.8. The van der Waals surface area contributed by atoms with E-state index in [0.29, 0.717) is 23.0 Å². The zero-order valence-electron chi connectivity index (χ0n) is 25.2. The van der Waals surface area contributed by atoms with Gasteiger partial charge in [-0.2, -0.15) is 0 Å². The lowest BCUT2D eigenvalue weighted by atomic mass is 9.44. The number of hydrogen-bond donors (Lipinski definition) is 0. The molecule has 1 spiro atoms. The van der Waals surface area contributed by atoms with Gasteiger partial charge < -0.3 is 9.47 Å². The number of nitrogens with zero attached hydrogens (tertiary/aromatic N) is 1. The Kier molecular flexibility index (Phi) is 7.12. The van der Waals surface area contributed by atoms with Crippen LogP contribution in [0.3, 0.4) is 0 Å². The van der Waals surface area contributed by atoms with E-state index in [2.05, 4.69) is 34.6 Å². The van der Waals surface area contributed by atoms with E-state index >= 15 is 0 Å². The number of fused-ring (bicyclic) bond motifs is 4. The van der Waals surface area contributed by atoms with Crippen molar-refractivity contribution in [2.24, 2.45) is 46.3 Å². The van der Waals surface area contributed by atoms with Gasteiger partial charge in [0.1, 0.15) is 11.7 Å². The van der Waals surface area contributed by atoms with Crippen molar-refractivity contribution in [3.05, 3.63) is 39.9 Å². The van der Waals surface area contributed by atoms with E-state index in [1.165, 1.54) is 75.6 Å². The molecule has 5 fully saturated rings. The molecule has 0 amide bonds. The van der Waals surface area contributed by atoms with Crippen molar-refractivity contribution in [3.8, 4) is 0 Å². The Morgan fingerprint density at radius 2 is 1.80 bits per heavy atom. The van der Waals surface area contributed by atoms with Gasteiger partial charge >= 0.3 is 5.97 Å². The Morgan fingerprint density at radius 1 is 1.05 bits per heavy atom. The fraction of sp³-hybridized carbons (Fsp3) is 0.794. The van der Waals surface area contributed by atoms with Gasteiger partial charge in [-0.25, -0.2) is 4.79 Å². The number of hydrogen-bond acceptors (Lipinski definition) is 5.